The Morgan fingerprint density at radius 2 is 0.889 bits per heavy atom. The van der Waals surface area contributed by atoms with Crippen LogP contribution >= 0.6 is 50.5 Å². The first kappa shape index (κ1) is 23.1. The second kappa shape index (κ2) is 9.77. The largest absolute Gasteiger partial charge is 1.00 e. The quantitative estimate of drug-likeness (QED) is 0.240. The molecule has 1 rings (SSSR count). The van der Waals surface area contributed by atoms with E-state index >= 15 is 0 Å². The Hall–Kier alpha value is 2.83. The Balaban J connectivity index is -0.000000320. The van der Waals surface area contributed by atoms with E-state index in [9.17, 15) is 9.59 Å². The van der Waals surface area contributed by atoms with Gasteiger partial charge in [0.1, 0.15) is 0 Å². The molecule has 0 aliphatic rings. The fourth-order valence-corrected chi connectivity index (χ4v) is 2.56. The molecule has 0 fully saturated rings. The van der Waals surface area contributed by atoms with Crippen LogP contribution in [0.3, 0.4) is 0 Å². The van der Waals surface area contributed by atoms with Crippen LogP contribution in [0.1, 0.15) is 23.6 Å². The molecule has 0 unspecified atom stereocenters. The zero-order chi connectivity index (χ0) is 12.6. The molecule has 0 radical (unpaired) electrons. The average Bonchev–Trinajstić information content (AvgIpc) is 2.14. The number of rotatable bonds is 2. The van der Waals surface area contributed by atoms with Crippen LogP contribution in [0.4, 0.5) is 0 Å². The van der Waals surface area contributed by atoms with Gasteiger partial charge in [0.25, 0.3) is 0 Å². The van der Waals surface area contributed by atoms with Crippen LogP contribution in [-0.4, -0.2) is 22.2 Å². The van der Waals surface area contributed by atoms with Crippen molar-refractivity contribution in [3.8, 4) is 0 Å². The first-order valence-electron chi connectivity index (χ1n) is 3.75. The first-order valence-corrected chi connectivity index (χ1v) is 5.54. The van der Waals surface area contributed by atoms with Gasteiger partial charge in [-0.25, -0.2) is 9.59 Å². The molecule has 0 spiro atoms. The Kier molecular flexibility index (Phi) is 12.5. The molecule has 0 amide bonds. The summed E-state index contributed by atoms with van der Waals surface area (Å²) in [5.41, 5.74) is -0.432. The van der Waals surface area contributed by atoms with Crippen molar-refractivity contribution in [3.05, 3.63) is 11.1 Å². The van der Waals surface area contributed by atoms with Gasteiger partial charge in [0.15, 0.2) is 0 Å². The van der Waals surface area contributed by atoms with Gasteiger partial charge in [0.05, 0.1) is 11.1 Å². The minimum Gasteiger partial charge on any atom is -1.00 e. The zero-order valence-electron chi connectivity index (χ0n) is 11.5. The van der Waals surface area contributed by atoms with E-state index in [4.69, 9.17) is 10.2 Å². The van der Waals surface area contributed by atoms with Crippen LogP contribution in [-0.2, 0) is 0 Å². The van der Waals surface area contributed by atoms with Gasteiger partial charge in [-0.15, -0.1) is 50.5 Å². The van der Waals surface area contributed by atoms with E-state index in [1.807, 2.05) is 0 Å². The van der Waals surface area contributed by atoms with Crippen LogP contribution in [0.5, 0.6) is 0 Å². The molecule has 0 atom stereocenters. The number of hydrogen-bond donors (Lipinski definition) is 6. The molecular formula is C8H8K2O4S4. The maximum Gasteiger partial charge on any atom is 1.00 e. The third-order valence-electron chi connectivity index (χ3n) is 1.82. The summed E-state index contributed by atoms with van der Waals surface area (Å²) in [5, 5.41) is 17.8. The van der Waals surface area contributed by atoms with Crippen LogP contribution in [0.25, 0.3) is 0 Å². The summed E-state index contributed by atoms with van der Waals surface area (Å²) < 4.78 is 0. The fourth-order valence-electron chi connectivity index (χ4n) is 1.10. The third-order valence-corrected chi connectivity index (χ3v) is 3.97. The molecule has 0 bridgehead atoms. The third kappa shape index (κ3) is 4.94. The van der Waals surface area contributed by atoms with Gasteiger partial charge in [-0.1, -0.05) is 0 Å². The first-order chi connectivity index (χ1) is 7.29. The van der Waals surface area contributed by atoms with E-state index in [1.165, 1.54) is 0 Å². The second-order valence-corrected chi connectivity index (χ2v) is 4.54. The number of thiol groups is 4. The number of carbonyl (C=O) groups is 2. The van der Waals surface area contributed by atoms with Crippen molar-refractivity contribution in [2.24, 2.45) is 0 Å². The summed E-state index contributed by atoms with van der Waals surface area (Å²) in [6, 6.07) is 0. The normalized spacial score (nSPS) is 9.11. The molecule has 0 aliphatic carbocycles. The molecule has 18 heavy (non-hydrogen) atoms. The van der Waals surface area contributed by atoms with Crippen molar-refractivity contribution in [2.75, 3.05) is 0 Å². The average molecular weight is 375 g/mol. The minimum absolute atomic E-state index is 0. The monoisotopic (exact) mass is 374 g/mol. The predicted octanol–water partition coefficient (Wildman–Crippen LogP) is -3.53. The molecule has 1 aromatic carbocycles. The number of hydrogen-bond acceptors (Lipinski definition) is 6. The summed E-state index contributed by atoms with van der Waals surface area (Å²) in [6.45, 7) is 0. The predicted molar refractivity (Wildman–Crippen MR) is 71.6 cm³/mol. The smallest absolute Gasteiger partial charge is 1.00 e. The van der Waals surface area contributed by atoms with Crippen molar-refractivity contribution >= 4 is 62.5 Å². The molecule has 4 nitrogen and oxygen atoms in total. The van der Waals surface area contributed by atoms with E-state index in [1.54, 1.807) is 0 Å². The SMILES string of the molecule is O=C(O)c1c(S)c(S)c(C(=O)O)c(S)c1S.[H-].[H-].[K+].[K+]. The van der Waals surface area contributed by atoms with Crippen LogP contribution in [0.2, 0.25) is 0 Å². The van der Waals surface area contributed by atoms with E-state index < -0.39 is 11.9 Å². The van der Waals surface area contributed by atoms with E-state index in [0.29, 0.717) is 0 Å². The molecule has 0 saturated carbocycles. The van der Waals surface area contributed by atoms with Gasteiger partial charge in [0.2, 0.25) is 0 Å². The van der Waals surface area contributed by atoms with Gasteiger partial charge >= 0.3 is 115 Å². The summed E-state index contributed by atoms with van der Waals surface area (Å²) in [7, 11) is 0. The molecule has 0 aliphatic heterocycles. The minimum atomic E-state index is -1.27. The molecule has 2 N–H and O–H groups in total. The van der Waals surface area contributed by atoms with Crippen molar-refractivity contribution in [2.45, 2.75) is 19.6 Å². The van der Waals surface area contributed by atoms with Gasteiger partial charge < -0.3 is 13.1 Å². The Labute approximate surface area is 214 Å². The summed E-state index contributed by atoms with van der Waals surface area (Å²) in [4.78, 5) is 21.6. The number of benzene rings is 1. The summed E-state index contributed by atoms with van der Waals surface area (Å²) in [6.07, 6.45) is 0. The molecule has 90 valence electrons. The molecule has 10 heteroatoms. The Morgan fingerprint density at radius 3 is 1.00 bits per heavy atom. The summed E-state index contributed by atoms with van der Waals surface area (Å²) in [5.74, 6) is -2.53. The van der Waals surface area contributed by atoms with Gasteiger partial charge in [0, 0.05) is 19.6 Å². The van der Waals surface area contributed by atoms with Crippen molar-refractivity contribution in [3.63, 3.8) is 0 Å². The fraction of sp³-hybridized carbons (Fsp3) is 0. The van der Waals surface area contributed by atoms with Crippen molar-refractivity contribution in [1.29, 1.82) is 0 Å². The number of carboxylic acids is 2. The van der Waals surface area contributed by atoms with Gasteiger partial charge in [-0.2, -0.15) is 0 Å². The molecule has 0 saturated heterocycles. The van der Waals surface area contributed by atoms with Crippen LogP contribution < -0.4 is 103 Å². The van der Waals surface area contributed by atoms with E-state index in [0.717, 1.165) is 0 Å². The summed E-state index contributed by atoms with van der Waals surface area (Å²) >= 11 is 15.7. The zero-order valence-corrected chi connectivity index (χ0v) is 19.3. The van der Waals surface area contributed by atoms with Crippen molar-refractivity contribution in [1.82, 2.24) is 0 Å². The maximum atomic E-state index is 10.9. The second-order valence-electron chi connectivity index (χ2n) is 2.75. The topological polar surface area (TPSA) is 74.6 Å². The maximum absolute atomic E-state index is 10.9. The number of carboxylic acid groups (broad SMARTS) is 2. The van der Waals surface area contributed by atoms with Crippen LogP contribution in [0, 0.1) is 0 Å². The Morgan fingerprint density at radius 1 is 0.722 bits per heavy atom. The molecule has 0 heterocycles. The van der Waals surface area contributed by atoms with Crippen LogP contribution in [0.15, 0.2) is 19.6 Å². The van der Waals surface area contributed by atoms with E-state index in [2.05, 4.69) is 50.5 Å². The Bertz CT molecular complexity index is 442. The van der Waals surface area contributed by atoms with Gasteiger partial charge in [-0.3, -0.25) is 0 Å². The van der Waals surface area contributed by atoms with Gasteiger partial charge in [-0.05, 0) is 0 Å². The molecule has 1 aromatic rings. The number of aromatic carboxylic acids is 2. The standard InChI is InChI=1S/C8H6O4S4.2K.2H/c9-7(10)1-3(13)5(15)2(8(11)12)6(16)4(1)14;;;;/h13-16H,(H,9,10)(H,11,12);;;;/q;2*+1;2*-1. The molecule has 0 aromatic heterocycles. The van der Waals surface area contributed by atoms with E-state index in [-0.39, 0.29) is 136 Å². The molecular weight excluding hydrogens is 367 g/mol. The van der Waals surface area contributed by atoms with Crippen molar-refractivity contribution < 1.29 is 125 Å².